The Morgan fingerprint density at radius 1 is 1.67 bits per heavy atom. The normalized spacial score (nSPS) is 14.9. The molecule has 0 saturated heterocycles. The van der Waals surface area contributed by atoms with E-state index in [1.54, 1.807) is 6.26 Å². The molecule has 1 N–H and O–H groups in total. The SMILES string of the molecule is CCNc1nc(C)cn1CC(C)S(C)=O. The highest BCUT2D eigenvalue weighted by atomic mass is 32.2. The van der Waals surface area contributed by atoms with Crippen molar-refractivity contribution >= 4 is 16.7 Å². The molecule has 0 aromatic carbocycles. The molecule has 1 aromatic heterocycles. The Morgan fingerprint density at radius 3 is 2.87 bits per heavy atom. The predicted molar refractivity (Wildman–Crippen MR) is 64.7 cm³/mol. The van der Waals surface area contributed by atoms with E-state index in [0.717, 1.165) is 24.7 Å². The largest absolute Gasteiger partial charge is 0.356 e. The molecule has 0 bridgehead atoms. The molecule has 1 heterocycles. The number of hydrogen-bond donors (Lipinski definition) is 1. The van der Waals surface area contributed by atoms with Crippen LogP contribution in [0.25, 0.3) is 0 Å². The number of nitrogens with zero attached hydrogens (tertiary/aromatic N) is 2. The van der Waals surface area contributed by atoms with Crippen molar-refractivity contribution < 1.29 is 4.21 Å². The van der Waals surface area contributed by atoms with Crippen LogP contribution in [0.2, 0.25) is 0 Å². The Morgan fingerprint density at radius 2 is 2.33 bits per heavy atom. The number of rotatable bonds is 5. The van der Waals surface area contributed by atoms with Crippen molar-refractivity contribution in [3.63, 3.8) is 0 Å². The molecule has 0 spiro atoms. The Balaban J connectivity index is 2.78. The van der Waals surface area contributed by atoms with Gasteiger partial charge in [0.05, 0.1) is 5.69 Å². The van der Waals surface area contributed by atoms with Crippen LogP contribution in [-0.2, 0) is 17.3 Å². The highest BCUT2D eigenvalue weighted by Gasteiger charge is 2.11. The zero-order valence-corrected chi connectivity index (χ0v) is 10.6. The van der Waals surface area contributed by atoms with Crippen LogP contribution in [0, 0.1) is 6.92 Å². The van der Waals surface area contributed by atoms with Crippen LogP contribution in [-0.4, -0.2) is 31.8 Å². The second kappa shape index (κ2) is 5.30. The topological polar surface area (TPSA) is 46.9 Å². The van der Waals surface area contributed by atoms with E-state index in [1.807, 2.05) is 31.5 Å². The minimum absolute atomic E-state index is 0.149. The maximum atomic E-state index is 11.3. The number of aryl methyl sites for hydroxylation is 1. The van der Waals surface area contributed by atoms with E-state index < -0.39 is 10.8 Å². The molecule has 0 aliphatic carbocycles. The molecular formula is C10H19N3OS. The lowest BCUT2D eigenvalue weighted by Gasteiger charge is -2.12. The van der Waals surface area contributed by atoms with Gasteiger partial charge in [0.25, 0.3) is 0 Å². The fraction of sp³-hybridized carbons (Fsp3) is 0.700. The van der Waals surface area contributed by atoms with Gasteiger partial charge in [-0.2, -0.15) is 0 Å². The molecule has 0 amide bonds. The zero-order valence-electron chi connectivity index (χ0n) is 9.78. The maximum absolute atomic E-state index is 11.3. The van der Waals surface area contributed by atoms with Gasteiger partial charge in [0, 0.05) is 41.6 Å². The van der Waals surface area contributed by atoms with E-state index >= 15 is 0 Å². The zero-order chi connectivity index (χ0) is 11.4. The summed E-state index contributed by atoms with van der Waals surface area (Å²) in [5, 5.41) is 3.34. The first-order valence-corrected chi connectivity index (χ1v) is 6.76. The first-order valence-electron chi connectivity index (χ1n) is 5.14. The van der Waals surface area contributed by atoms with E-state index in [4.69, 9.17) is 0 Å². The third kappa shape index (κ3) is 3.34. The summed E-state index contributed by atoms with van der Waals surface area (Å²) in [5.41, 5.74) is 0.986. The summed E-state index contributed by atoms with van der Waals surface area (Å²) in [7, 11) is -0.790. The molecule has 86 valence electrons. The summed E-state index contributed by atoms with van der Waals surface area (Å²) in [4.78, 5) is 4.37. The van der Waals surface area contributed by atoms with Crippen molar-refractivity contribution in [1.82, 2.24) is 9.55 Å². The van der Waals surface area contributed by atoms with E-state index in [2.05, 4.69) is 10.3 Å². The van der Waals surface area contributed by atoms with Gasteiger partial charge in [-0.15, -0.1) is 0 Å². The predicted octanol–water partition coefficient (Wildman–Crippen LogP) is 1.39. The van der Waals surface area contributed by atoms with Gasteiger partial charge >= 0.3 is 0 Å². The third-order valence-corrected chi connectivity index (χ3v) is 3.53. The van der Waals surface area contributed by atoms with Crippen LogP contribution in [0.4, 0.5) is 5.95 Å². The number of anilines is 1. The number of imidazole rings is 1. The summed E-state index contributed by atoms with van der Waals surface area (Å²) in [6.45, 7) is 7.58. The highest BCUT2D eigenvalue weighted by Crippen LogP contribution is 2.10. The fourth-order valence-corrected chi connectivity index (χ4v) is 1.74. The fourth-order valence-electron chi connectivity index (χ4n) is 1.37. The summed E-state index contributed by atoms with van der Waals surface area (Å²) in [5.74, 6) is 0.868. The van der Waals surface area contributed by atoms with Crippen LogP contribution in [0.3, 0.4) is 0 Å². The number of hydrogen-bond acceptors (Lipinski definition) is 3. The highest BCUT2D eigenvalue weighted by molar-refractivity contribution is 7.84. The summed E-state index contributed by atoms with van der Waals surface area (Å²) < 4.78 is 13.3. The Hall–Kier alpha value is -0.840. The second-order valence-electron chi connectivity index (χ2n) is 3.70. The Kier molecular flexibility index (Phi) is 4.32. The molecule has 15 heavy (non-hydrogen) atoms. The molecule has 2 unspecified atom stereocenters. The van der Waals surface area contributed by atoms with E-state index in [9.17, 15) is 4.21 Å². The van der Waals surface area contributed by atoms with Gasteiger partial charge in [0.1, 0.15) is 0 Å². The summed E-state index contributed by atoms with van der Waals surface area (Å²) in [6, 6.07) is 0. The number of aromatic nitrogens is 2. The third-order valence-electron chi connectivity index (χ3n) is 2.25. The van der Waals surface area contributed by atoms with Crippen molar-refractivity contribution in [1.29, 1.82) is 0 Å². The van der Waals surface area contributed by atoms with Crippen LogP contribution in [0.15, 0.2) is 6.20 Å². The number of nitrogens with one attached hydrogen (secondary N) is 1. The Labute approximate surface area is 93.5 Å². The van der Waals surface area contributed by atoms with Gasteiger partial charge in [0.15, 0.2) is 0 Å². The van der Waals surface area contributed by atoms with Gasteiger partial charge in [-0.3, -0.25) is 4.21 Å². The molecule has 0 aliphatic rings. The molecule has 4 nitrogen and oxygen atoms in total. The minimum atomic E-state index is -0.790. The molecular weight excluding hydrogens is 210 g/mol. The van der Waals surface area contributed by atoms with Crippen LogP contribution in [0.1, 0.15) is 19.5 Å². The first kappa shape index (κ1) is 12.2. The quantitative estimate of drug-likeness (QED) is 0.830. The van der Waals surface area contributed by atoms with Gasteiger partial charge in [-0.25, -0.2) is 4.98 Å². The molecule has 2 atom stereocenters. The van der Waals surface area contributed by atoms with Crippen LogP contribution >= 0.6 is 0 Å². The molecule has 0 fully saturated rings. The van der Waals surface area contributed by atoms with Gasteiger partial charge in [0.2, 0.25) is 5.95 Å². The van der Waals surface area contributed by atoms with E-state index in [-0.39, 0.29) is 5.25 Å². The van der Waals surface area contributed by atoms with Crippen molar-refractivity contribution in [2.24, 2.45) is 0 Å². The lowest BCUT2D eigenvalue weighted by Crippen LogP contribution is -2.18. The van der Waals surface area contributed by atoms with Crippen LogP contribution in [0.5, 0.6) is 0 Å². The smallest absolute Gasteiger partial charge is 0.203 e. The maximum Gasteiger partial charge on any atom is 0.203 e. The standard InChI is InChI=1S/C10H19N3OS/c1-5-11-10-12-8(2)6-13(10)7-9(3)15(4)14/h6,9H,5,7H2,1-4H3,(H,11,12). The molecule has 0 aliphatic heterocycles. The van der Waals surface area contributed by atoms with Crippen molar-refractivity contribution in [2.75, 3.05) is 18.1 Å². The Bertz CT molecular complexity index is 348. The second-order valence-corrected chi connectivity index (χ2v) is 5.50. The van der Waals surface area contributed by atoms with Gasteiger partial charge < -0.3 is 9.88 Å². The minimum Gasteiger partial charge on any atom is -0.356 e. The molecule has 1 rings (SSSR count). The molecule has 0 radical (unpaired) electrons. The molecule has 1 aromatic rings. The van der Waals surface area contributed by atoms with Crippen molar-refractivity contribution in [2.45, 2.75) is 32.6 Å². The van der Waals surface area contributed by atoms with Crippen molar-refractivity contribution in [3.05, 3.63) is 11.9 Å². The van der Waals surface area contributed by atoms with Crippen LogP contribution < -0.4 is 5.32 Å². The first-order chi connectivity index (χ1) is 7.04. The molecule has 5 heteroatoms. The van der Waals surface area contributed by atoms with Gasteiger partial charge in [-0.05, 0) is 20.8 Å². The van der Waals surface area contributed by atoms with E-state index in [0.29, 0.717) is 0 Å². The lowest BCUT2D eigenvalue weighted by molar-refractivity contribution is 0.645. The average Bonchev–Trinajstić information content (AvgIpc) is 2.47. The van der Waals surface area contributed by atoms with Crippen molar-refractivity contribution in [3.8, 4) is 0 Å². The molecule has 0 saturated carbocycles. The summed E-state index contributed by atoms with van der Waals surface area (Å²) >= 11 is 0. The average molecular weight is 229 g/mol. The monoisotopic (exact) mass is 229 g/mol. The lowest BCUT2D eigenvalue weighted by atomic mass is 10.4. The van der Waals surface area contributed by atoms with Gasteiger partial charge in [-0.1, -0.05) is 0 Å². The summed E-state index contributed by atoms with van der Waals surface area (Å²) in [6.07, 6.45) is 3.72. The van der Waals surface area contributed by atoms with E-state index in [1.165, 1.54) is 0 Å².